The summed E-state index contributed by atoms with van der Waals surface area (Å²) in [4.78, 5) is 14.4. The molecule has 0 fully saturated rings. The number of ether oxygens (including phenoxy) is 2. The zero-order chi connectivity index (χ0) is 19.0. The van der Waals surface area contributed by atoms with Gasteiger partial charge in [-0.1, -0.05) is 0 Å². The standard InChI is InChI=1S/C17H28N2O5S/c1-14(2)18(3)25(21,22)16-8-6-15(7-9-16)17(20)19(10-12-23-4)11-13-24-5/h6-9,14H,10-13H2,1-5H3. The molecular formula is C17H28N2O5S. The second-order valence-electron chi connectivity index (χ2n) is 5.92. The Balaban J connectivity index is 2.98. The van der Waals surface area contributed by atoms with Gasteiger partial charge in [-0.25, -0.2) is 8.42 Å². The lowest BCUT2D eigenvalue weighted by molar-refractivity contribution is 0.0627. The van der Waals surface area contributed by atoms with E-state index in [2.05, 4.69) is 0 Å². The summed E-state index contributed by atoms with van der Waals surface area (Å²) in [6, 6.07) is 5.86. The van der Waals surface area contributed by atoms with E-state index in [-0.39, 0.29) is 16.8 Å². The molecule has 1 aromatic carbocycles. The average Bonchev–Trinajstić information content (AvgIpc) is 2.60. The second kappa shape index (κ2) is 9.86. The highest BCUT2D eigenvalue weighted by Crippen LogP contribution is 2.18. The van der Waals surface area contributed by atoms with Crippen molar-refractivity contribution in [3.63, 3.8) is 0 Å². The monoisotopic (exact) mass is 372 g/mol. The third-order valence-corrected chi connectivity index (χ3v) is 5.97. The third-order valence-electron chi connectivity index (χ3n) is 3.92. The minimum absolute atomic E-state index is 0.148. The number of rotatable bonds is 10. The number of sulfonamides is 1. The van der Waals surface area contributed by atoms with Crippen molar-refractivity contribution in [2.75, 3.05) is 47.6 Å². The highest BCUT2D eigenvalue weighted by molar-refractivity contribution is 7.89. The lowest BCUT2D eigenvalue weighted by Crippen LogP contribution is -2.36. The first-order valence-electron chi connectivity index (χ1n) is 8.11. The molecule has 0 aliphatic carbocycles. The summed E-state index contributed by atoms with van der Waals surface area (Å²) >= 11 is 0. The van der Waals surface area contributed by atoms with Crippen LogP contribution < -0.4 is 0 Å². The molecule has 25 heavy (non-hydrogen) atoms. The maximum atomic E-state index is 12.6. The maximum Gasteiger partial charge on any atom is 0.254 e. The topological polar surface area (TPSA) is 76.1 Å². The van der Waals surface area contributed by atoms with E-state index in [0.29, 0.717) is 31.9 Å². The van der Waals surface area contributed by atoms with Crippen LogP contribution >= 0.6 is 0 Å². The van der Waals surface area contributed by atoms with Crippen LogP contribution in [-0.4, -0.2) is 77.1 Å². The number of amides is 1. The molecule has 8 heteroatoms. The Bertz CT molecular complexity index is 636. The van der Waals surface area contributed by atoms with Crippen LogP contribution in [0.5, 0.6) is 0 Å². The van der Waals surface area contributed by atoms with Crippen LogP contribution in [0.1, 0.15) is 24.2 Å². The molecule has 1 aromatic rings. The van der Waals surface area contributed by atoms with Crippen molar-refractivity contribution in [2.24, 2.45) is 0 Å². The third kappa shape index (κ3) is 5.78. The molecule has 0 spiro atoms. The van der Waals surface area contributed by atoms with Gasteiger partial charge in [0, 0.05) is 46.0 Å². The number of carbonyl (C=O) groups is 1. The summed E-state index contributed by atoms with van der Waals surface area (Å²) in [5, 5.41) is 0. The van der Waals surface area contributed by atoms with E-state index in [9.17, 15) is 13.2 Å². The minimum Gasteiger partial charge on any atom is -0.383 e. The van der Waals surface area contributed by atoms with Crippen molar-refractivity contribution >= 4 is 15.9 Å². The van der Waals surface area contributed by atoms with Crippen LogP contribution in [0.4, 0.5) is 0 Å². The van der Waals surface area contributed by atoms with Gasteiger partial charge in [-0.15, -0.1) is 0 Å². The van der Waals surface area contributed by atoms with Gasteiger partial charge in [0.05, 0.1) is 18.1 Å². The smallest absolute Gasteiger partial charge is 0.254 e. The molecule has 0 radical (unpaired) electrons. The molecular weight excluding hydrogens is 344 g/mol. The molecule has 0 atom stereocenters. The normalized spacial score (nSPS) is 12.0. The molecule has 0 N–H and O–H groups in total. The summed E-state index contributed by atoms with van der Waals surface area (Å²) in [6.07, 6.45) is 0. The molecule has 0 aromatic heterocycles. The molecule has 0 aliphatic heterocycles. The first kappa shape index (κ1) is 21.6. The Morgan fingerprint density at radius 3 is 1.92 bits per heavy atom. The van der Waals surface area contributed by atoms with Crippen molar-refractivity contribution in [2.45, 2.75) is 24.8 Å². The van der Waals surface area contributed by atoms with Crippen molar-refractivity contribution < 1.29 is 22.7 Å². The largest absolute Gasteiger partial charge is 0.383 e. The van der Waals surface area contributed by atoms with Gasteiger partial charge in [0.25, 0.3) is 5.91 Å². The van der Waals surface area contributed by atoms with Gasteiger partial charge >= 0.3 is 0 Å². The van der Waals surface area contributed by atoms with Crippen molar-refractivity contribution in [1.82, 2.24) is 9.21 Å². The predicted molar refractivity (Wildman–Crippen MR) is 96.2 cm³/mol. The van der Waals surface area contributed by atoms with Crippen LogP contribution in [0.25, 0.3) is 0 Å². The Kier molecular flexibility index (Phi) is 8.51. The molecule has 1 rings (SSSR count). The fraction of sp³-hybridized carbons (Fsp3) is 0.588. The van der Waals surface area contributed by atoms with Crippen molar-refractivity contribution in [1.29, 1.82) is 0 Å². The predicted octanol–water partition coefficient (Wildman–Crippen LogP) is 1.45. The second-order valence-corrected chi connectivity index (χ2v) is 7.91. The molecule has 1 amide bonds. The summed E-state index contributed by atoms with van der Waals surface area (Å²) in [6.45, 7) is 5.32. The number of hydrogen-bond donors (Lipinski definition) is 0. The fourth-order valence-corrected chi connectivity index (χ4v) is 3.48. The number of methoxy groups -OCH3 is 2. The van der Waals surface area contributed by atoms with Crippen LogP contribution in [0.3, 0.4) is 0 Å². The van der Waals surface area contributed by atoms with Gasteiger partial charge in [-0.3, -0.25) is 4.79 Å². The summed E-state index contributed by atoms with van der Waals surface area (Å²) in [7, 11) is 1.12. The van der Waals surface area contributed by atoms with Crippen LogP contribution in [0, 0.1) is 0 Å². The van der Waals surface area contributed by atoms with Gasteiger partial charge < -0.3 is 14.4 Å². The van der Waals surface area contributed by atoms with Gasteiger partial charge in [0.2, 0.25) is 10.0 Å². The van der Waals surface area contributed by atoms with Crippen LogP contribution in [-0.2, 0) is 19.5 Å². The van der Waals surface area contributed by atoms with E-state index < -0.39 is 10.0 Å². The van der Waals surface area contributed by atoms with Crippen molar-refractivity contribution in [3.05, 3.63) is 29.8 Å². The minimum atomic E-state index is -3.56. The van der Waals surface area contributed by atoms with E-state index >= 15 is 0 Å². The molecule has 0 bridgehead atoms. The van der Waals surface area contributed by atoms with Crippen LogP contribution in [0.15, 0.2) is 29.2 Å². The van der Waals surface area contributed by atoms with E-state index in [1.807, 2.05) is 0 Å². The zero-order valence-corrected chi connectivity index (χ0v) is 16.4. The summed E-state index contributed by atoms with van der Waals surface area (Å²) in [5.41, 5.74) is 0.429. The Hall–Kier alpha value is -1.48. The molecule has 7 nitrogen and oxygen atoms in total. The molecule has 142 valence electrons. The molecule has 0 aliphatic rings. The number of nitrogens with zero attached hydrogens (tertiary/aromatic N) is 2. The number of benzene rings is 1. The molecule has 0 saturated heterocycles. The van der Waals surface area contributed by atoms with E-state index in [1.54, 1.807) is 33.0 Å². The average molecular weight is 372 g/mol. The zero-order valence-electron chi connectivity index (χ0n) is 15.6. The van der Waals surface area contributed by atoms with Gasteiger partial charge in [0.1, 0.15) is 0 Å². The lowest BCUT2D eigenvalue weighted by atomic mass is 10.2. The molecule has 0 heterocycles. The van der Waals surface area contributed by atoms with Crippen LogP contribution in [0.2, 0.25) is 0 Å². The van der Waals surface area contributed by atoms with Gasteiger partial charge in [0.15, 0.2) is 0 Å². The Morgan fingerprint density at radius 1 is 1.04 bits per heavy atom. The fourth-order valence-electron chi connectivity index (χ4n) is 2.11. The highest BCUT2D eigenvalue weighted by atomic mass is 32.2. The SMILES string of the molecule is COCCN(CCOC)C(=O)c1ccc(S(=O)(=O)N(C)C(C)C)cc1. The first-order chi connectivity index (χ1) is 11.8. The maximum absolute atomic E-state index is 12.6. The quantitative estimate of drug-likeness (QED) is 0.621. The summed E-state index contributed by atoms with van der Waals surface area (Å²) < 4.78 is 36.3. The number of hydrogen-bond acceptors (Lipinski definition) is 5. The number of carbonyl (C=O) groups excluding carboxylic acids is 1. The van der Waals surface area contributed by atoms with Crippen molar-refractivity contribution in [3.8, 4) is 0 Å². The summed E-state index contributed by atoms with van der Waals surface area (Å²) in [5.74, 6) is -0.185. The van der Waals surface area contributed by atoms with Gasteiger partial charge in [-0.05, 0) is 38.1 Å². The first-order valence-corrected chi connectivity index (χ1v) is 9.55. The highest BCUT2D eigenvalue weighted by Gasteiger charge is 2.23. The lowest BCUT2D eigenvalue weighted by Gasteiger charge is -2.23. The molecule has 0 saturated carbocycles. The Morgan fingerprint density at radius 2 is 1.52 bits per heavy atom. The van der Waals surface area contributed by atoms with E-state index in [4.69, 9.17) is 9.47 Å². The Labute approximate surface area is 150 Å². The van der Waals surface area contributed by atoms with E-state index in [1.165, 1.54) is 35.6 Å². The molecule has 0 unspecified atom stereocenters. The van der Waals surface area contributed by atoms with Gasteiger partial charge in [-0.2, -0.15) is 4.31 Å². The van der Waals surface area contributed by atoms with E-state index in [0.717, 1.165) is 0 Å².